The first kappa shape index (κ1) is 5.87. The van der Waals surface area contributed by atoms with Crippen molar-refractivity contribution >= 4 is 0 Å². The van der Waals surface area contributed by atoms with Crippen LogP contribution in [-0.2, 0) is 0 Å². The van der Waals surface area contributed by atoms with Crippen LogP contribution in [0.1, 0.15) is 26.7 Å². The first-order valence-electron chi connectivity index (χ1n) is 3.28. The van der Waals surface area contributed by atoms with Gasteiger partial charge in [0.2, 0.25) is 0 Å². The highest BCUT2D eigenvalue weighted by Crippen LogP contribution is 2.25. The molecule has 8 heavy (non-hydrogen) atoms. The lowest BCUT2D eigenvalue weighted by Crippen LogP contribution is -1.90. The average Bonchev–Trinajstić information content (AvgIpc) is 2.14. The molecule has 1 radical (unpaired) electrons. The zero-order valence-corrected chi connectivity index (χ0v) is 5.65. The predicted molar refractivity (Wildman–Crippen MR) is 36.5 cm³/mol. The van der Waals surface area contributed by atoms with Crippen LogP contribution in [0.4, 0.5) is 0 Å². The lowest BCUT2D eigenvalue weighted by atomic mass is 10.0. The first-order chi connectivity index (χ1) is 3.83. The number of hydrogen-bond donors (Lipinski definition) is 0. The van der Waals surface area contributed by atoms with Gasteiger partial charge in [-0.05, 0) is 32.1 Å². The second kappa shape index (κ2) is 2.34. The summed E-state index contributed by atoms with van der Waals surface area (Å²) in [7, 11) is 0. The average molecular weight is 109 g/mol. The van der Waals surface area contributed by atoms with Crippen LogP contribution in [0.25, 0.3) is 0 Å². The normalized spacial score (nSPS) is 28.2. The Kier molecular flexibility index (Phi) is 1.72. The van der Waals surface area contributed by atoms with Gasteiger partial charge in [-0.25, -0.2) is 0 Å². The molecule has 0 saturated heterocycles. The lowest BCUT2D eigenvalue weighted by Gasteiger charge is -2.01. The van der Waals surface area contributed by atoms with Crippen molar-refractivity contribution in [2.75, 3.05) is 0 Å². The van der Waals surface area contributed by atoms with Gasteiger partial charge in [-0.1, -0.05) is 18.6 Å². The summed E-state index contributed by atoms with van der Waals surface area (Å²) in [5.41, 5.74) is 1.56. The Hall–Kier alpha value is -0.260. The van der Waals surface area contributed by atoms with Crippen LogP contribution >= 0.6 is 0 Å². The molecule has 0 fully saturated rings. The molecule has 0 nitrogen and oxygen atoms in total. The molecule has 0 aromatic rings. The fourth-order valence-electron chi connectivity index (χ4n) is 1.19. The highest BCUT2D eigenvalue weighted by Gasteiger charge is 2.10. The molecule has 0 spiro atoms. The minimum Gasteiger partial charge on any atom is -0.0853 e. The molecule has 0 aromatic carbocycles. The van der Waals surface area contributed by atoms with Crippen molar-refractivity contribution in [2.45, 2.75) is 26.7 Å². The van der Waals surface area contributed by atoms with Crippen molar-refractivity contribution in [2.24, 2.45) is 5.92 Å². The Morgan fingerprint density at radius 2 is 2.50 bits per heavy atom. The van der Waals surface area contributed by atoms with E-state index in [-0.39, 0.29) is 0 Å². The maximum Gasteiger partial charge on any atom is -0.0289 e. The molecule has 0 saturated carbocycles. The van der Waals surface area contributed by atoms with Crippen LogP contribution in [-0.4, -0.2) is 0 Å². The molecule has 0 heteroatoms. The largest absolute Gasteiger partial charge is 0.0853 e. The molecular weight excluding hydrogens is 96.1 g/mol. The molecule has 1 unspecified atom stereocenters. The fourth-order valence-corrected chi connectivity index (χ4v) is 1.19. The van der Waals surface area contributed by atoms with Gasteiger partial charge in [0.05, 0.1) is 0 Å². The summed E-state index contributed by atoms with van der Waals surface area (Å²) < 4.78 is 0. The molecule has 1 aliphatic rings. The maximum absolute atomic E-state index is 2.34. The van der Waals surface area contributed by atoms with E-state index in [0.29, 0.717) is 0 Å². The third kappa shape index (κ3) is 1.12. The summed E-state index contributed by atoms with van der Waals surface area (Å²) >= 11 is 0. The van der Waals surface area contributed by atoms with Crippen molar-refractivity contribution in [3.8, 4) is 0 Å². The van der Waals surface area contributed by atoms with Gasteiger partial charge in [0.15, 0.2) is 0 Å². The molecule has 0 heterocycles. The van der Waals surface area contributed by atoms with Gasteiger partial charge in [-0.15, -0.1) is 0 Å². The Balaban J connectivity index is 2.32. The van der Waals surface area contributed by atoms with E-state index in [0.717, 1.165) is 5.92 Å². The van der Waals surface area contributed by atoms with Crippen LogP contribution in [0.15, 0.2) is 11.6 Å². The fraction of sp³-hybridized carbons (Fsp3) is 0.625. The van der Waals surface area contributed by atoms with E-state index in [4.69, 9.17) is 0 Å². The third-order valence-electron chi connectivity index (χ3n) is 1.82. The van der Waals surface area contributed by atoms with Crippen molar-refractivity contribution in [3.05, 3.63) is 18.1 Å². The Morgan fingerprint density at radius 3 is 2.75 bits per heavy atom. The summed E-state index contributed by atoms with van der Waals surface area (Å²) in [5, 5.41) is 0. The van der Waals surface area contributed by atoms with Crippen LogP contribution in [0.2, 0.25) is 0 Å². The van der Waals surface area contributed by atoms with Crippen LogP contribution in [0, 0.1) is 12.3 Å². The second-order valence-corrected chi connectivity index (χ2v) is 2.58. The van der Waals surface area contributed by atoms with Gasteiger partial charge < -0.3 is 0 Å². The van der Waals surface area contributed by atoms with E-state index in [1.165, 1.54) is 12.8 Å². The quantitative estimate of drug-likeness (QED) is 0.454. The molecule has 45 valence electrons. The summed E-state index contributed by atoms with van der Waals surface area (Å²) in [5.74, 6) is 0.856. The van der Waals surface area contributed by atoms with Gasteiger partial charge in [0.25, 0.3) is 0 Å². The van der Waals surface area contributed by atoms with Crippen molar-refractivity contribution in [1.29, 1.82) is 0 Å². The van der Waals surface area contributed by atoms with Gasteiger partial charge in [0.1, 0.15) is 0 Å². The van der Waals surface area contributed by atoms with E-state index in [9.17, 15) is 0 Å². The molecule has 0 N–H and O–H groups in total. The SMILES string of the molecule is C[CH]C1CC=C(C)C1. The van der Waals surface area contributed by atoms with Crippen molar-refractivity contribution in [3.63, 3.8) is 0 Å². The van der Waals surface area contributed by atoms with E-state index in [1.807, 2.05) is 0 Å². The van der Waals surface area contributed by atoms with E-state index in [2.05, 4.69) is 26.3 Å². The summed E-state index contributed by atoms with van der Waals surface area (Å²) in [4.78, 5) is 0. The summed E-state index contributed by atoms with van der Waals surface area (Å²) in [6.07, 6.45) is 7.22. The molecule has 0 aromatic heterocycles. The highest BCUT2D eigenvalue weighted by molar-refractivity contribution is 5.08. The molecule has 1 rings (SSSR count). The van der Waals surface area contributed by atoms with Gasteiger partial charge in [-0.3, -0.25) is 0 Å². The van der Waals surface area contributed by atoms with Crippen LogP contribution in [0.3, 0.4) is 0 Å². The van der Waals surface area contributed by atoms with E-state index < -0.39 is 0 Å². The maximum atomic E-state index is 2.34. The van der Waals surface area contributed by atoms with Crippen molar-refractivity contribution < 1.29 is 0 Å². The van der Waals surface area contributed by atoms with Crippen LogP contribution in [0.5, 0.6) is 0 Å². The molecule has 0 bridgehead atoms. The number of rotatable bonds is 1. The summed E-state index contributed by atoms with van der Waals surface area (Å²) in [6, 6.07) is 0. The molecule has 0 aliphatic heterocycles. The Morgan fingerprint density at radius 1 is 1.75 bits per heavy atom. The Bertz CT molecular complexity index is 101. The van der Waals surface area contributed by atoms with Crippen LogP contribution < -0.4 is 0 Å². The second-order valence-electron chi connectivity index (χ2n) is 2.58. The molecular formula is C8H13. The van der Waals surface area contributed by atoms with Gasteiger partial charge >= 0.3 is 0 Å². The third-order valence-corrected chi connectivity index (χ3v) is 1.82. The number of hydrogen-bond acceptors (Lipinski definition) is 0. The van der Waals surface area contributed by atoms with Crippen molar-refractivity contribution in [1.82, 2.24) is 0 Å². The van der Waals surface area contributed by atoms with E-state index >= 15 is 0 Å². The molecule has 1 aliphatic carbocycles. The minimum atomic E-state index is 0.856. The van der Waals surface area contributed by atoms with Gasteiger partial charge in [0, 0.05) is 0 Å². The topological polar surface area (TPSA) is 0 Å². The zero-order chi connectivity index (χ0) is 5.98. The smallest absolute Gasteiger partial charge is 0.0289 e. The lowest BCUT2D eigenvalue weighted by molar-refractivity contribution is 0.652. The Labute approximate surface area is 51.6 Å². The van der Waals surface area contributed by atoms with Gasteiger partial charge in [-0.2, -0.15) is 0 Å². The minimum absolute atomic E-state index is 0.856. The van der Waals surface area contributed by atoms with E-state index in [1.54, 1.807) is 5.57 Å². The predicted octanol–water partition coefficient (Wildman–Crippen LogP) is 2.57. The zero-order valence-electron chi connectivity index (χ0n) is 5.65. The standard InChI is InChI=1S/C8H13/c1-3-8-5-4-7(2)6-8/h3-4,8H,5-6H2,1-2H3. The monoisotopic (exact) mass is 109 g/mol. The highest BCUT2D eigenvalue weighted by atomic mass is 14.2. The first-order valence-corrected chi connectivity index (χ1v) is 3.28. The summed E-state index contributed by atoms with van der Waals surface area (Å²) in [6.45, 7) is 4.36. The molecule has 1 atom stereocenters. The molecule has 0 amide bonds. The number of allylic oxidation sites excluding steroid dienone is 2.